The van der Waals surface area contributed by atoms with E-state index in [0.29, 0.717) is 30.8 Å². The van der Waals surface area contributed by atoms with Crippen LogP contribution in [0.4, 0.5) is 0 Å². The van der Waals surface area contributed by atoms with E-state index in [1.807, 2.05) is 13.8 Å². The molecule has 5 rings (SSSR count). The molecule has 2 aliphatic heterocycles. The molecule has 2 heterocycles. The number of allylic oxidation sites excluding steroid dienone is 1. The lowest BCUT2D eigenvalue weighted by atomic mass is 9.57. The maximum atomic E-state index is 12.6. The molecule has 1 spiro atoms. The van der Waals surface area contributed by atoms with Crippen molar-refractivity contribution in [2.45, 2.75) is 76.3 Å². The number of hydrogen-bond acceptors (Lipinski definition) is 4. The first kappa shape index (κ1) is 16.5. The second-order valence-electron chi connectivity index (χ2n) is 9.27. The number of Topliss-reactive ketones (excluding diaryl/α,β-unsaturated/α-hetero) is 1. The number of fused-ring (bicyclic) bond motifs is 1. The average molecular weight is 346 g/mol. The molecule has 2 saturated carbocycles. The van der Waals surface area contributed by atoms with Gasteiger partial charge in [0, 0.05) is 24.7 Å². The third kappa shape index (κ3) is 2.08. The van der Waals surface area contributed by atoms with Gasteiger partial charge in [0.25, 0.3) is 0 Å². The first-order chi connectivity index (χ1) is 11.9. The van der Waals surface area contributed by atoms with Gasteiger partial charge in [-0.1, -0.05) is 26.8 Å². The summed E-state index contributed by atoms with van der Waals surface area (Å²) in [5.41, 5.74) is 1.37. The molecule has 25 heavy (non-hydrogen) atoms. The van der Waals surface area contributed by atoms with Gasteiger partial charge in [0.2, 0.25) is 0 Å². The Kier molecular flexibility index (Phi) is 3.41. The molecule has 138 valence electrons. The highest BCUT2D eigenvalue weighted by molar-refractivity contribution is 5.83. The highest BCUT2D eigenvalue weighted by Gasteiger charge is 2.78. The van der Waals surface area contributed by atoms with E-state index in [9.17, 15) is 4.79 Å². The second kappa shape index (κ2) is 5.17. The van der Waals surface area contributed by atoms with Crippen molar-refractivity contribution >= 4 is 5.78 Å². The van der Waals surface area contributed by atoms with E-state index in [4.69, 9.17) is 14.2 Å². The Morgan fingerprint density at radius 1 is 1.20 bits per heavy atom. The molecule has 0 N–H and O–H groups in total. The maximum Gasteiger partial charge on any atom is 0.171 e. The summed E-state index contributed by atoms with van der Waals surface area (Å²) in [5.74, 6) is 1.31. The van der Waals surface area contributed by atoms with Crippen molar-refractivity contribution in [2.24, 2.45) is 23.7 Å². The van der Waals surface area contributed by atoms with Gasteiger partial charge in [0.15, 0.2) is 5.79 Å². The van der Waals surface area contributed by atoms with Crippen LogP contribution in [0.5, 0.6) is 0 Å². The summed E-state index contributed by atoms with van der Waals surface area (Å²) >= 11 is 0. The Morgan fingerprint density at radius 2 is 1.96 bits per heavy atom. The van der Waals surface area contributed by atoms with E-state index in [-0.39, 0.29) is 28.8 Å². The predicted octanol–water partition coefficient (Wildman–Crippen LogP) is 3.64. The number of carbonyl (C=O) groups is 1. The molecule has 0 aromatic rings. The molecule has 4 fully saturated rings. The van der Waals surface area contributed by atoms with Crippen LogP contribution in [0.2, 0.25) is 0 Å². The van der Waals surface area contributed by atoms with Crippen LogP contribution in [0, 0.1) is 23.7 Å². The van der Waals surface area contributed by atoms with Crippen LogP contribution in [0.3, 0.4) is 0 Å². The standard InChI is InChI=1S/C21H30O4/c1-13(2)18(22)16-4-5-17-15(14(16)3)6-7-19-12-20(23-10-11-24-20)8-9-21(17,19)25-19/h5,13-16H,4,6-12H2,1-3H3. The van der Waals surface area contributed by atoms with Crippen molar-refractivity contribution in [2.75, 3.05) is 13.2 Å². The Morgan fingerprint density at radius 3 is 2.68 bits per heavy atom. The van der Waals surface area contributed by atoms with Gasteiger partial charge in [-0.25, -0.2) is 0 Å². The van der Waals surface area contributed by atoms with Gasteiger partial charge in [-0.2, -0.15) is 0 Å². The van der Waals surface area contributed by atoms with Gasteiger partial charge in [-0.05, 0) is 43.1 Å². The molecule has 5 aliphatic rings. The lowest BCUT2D eigenvalue weighted by Gasteiger charge is -2.46. The zero-order valence-electron chi connectivity index (χ0n) is 15.7. The SMILES string of the molecule is CC(C)C(=O)C1CC=C2C(CCC34CC5(CCC23O4)OCCO5)C1C. The normalized spacial score (nSPS) is 47.0. The molecule has 0 amide bonds. The topological polar surface area (TPSA) is 48.1 Å². The summed E-state index contributed by atoms with van der Waals surface area (Å²) < 4.78 is 18.5. The molecular weight excluding hydrogens is 316 g/mol. The Balaban J connectivity index is 1.43. The third-order valence-corrected chi connectivity index (χ3v) is 7.81. The van der Waals surface area contributed by atoms with Crippen LogP contribution < -0.4 is 0 Å². The van der Waals surface area contributed by atoms with Crippen LogP contribution in [0.25, 0.3) is 0 Å². The highest BCUT2D eigenvalue weighted by Crippen LogP contribution is 2.71. The minimum absolute atomic E-state index is 0.0630. The number of hydrogen-bond donors (Lipinski definition) is 0. The van der Waals surface area contributed by atoms with Crippen molar-refractivity contribution < 1.29 is 19.0 Å². The first-order valence-corrected chi connectivity index (χ1v) is 10.1. The average Bonchev–Trinajstić information content (AvgIpc) is 3.08. The molecule has 0 radical (unpaired) electrons. The first-order valence-electron chi connectivity index (χ1n) is 10.1. The summed E-state index contributed by atoms with van der Waals surface area (Å²) in [6.07, 6.45) is 8.30. The molecule has 4 heteroatoms. The summed E-state index contributed by atoms with van der Waals surface area (Å²) in [6, 6.07) is 0. The van der Waals surface area contributed by atoms with Gasteiger partial charge >= 0.3 is 0 Å². The molecule has 3 aliphatic carbocycles. The number of carbonyl (C=O) groups excluding carboxylic acids is 1. The second-order valence-corrected chi connectivity index (χ2v) is 9.27. The monoisotopic (exact) mass is 346 g/mol. The summed E-state index contributed by atoms with van der Waals surface area (Å²) in [5, 5.41) is 0. The van der Waals surface area contributed by atoms with Crippen molar-refractivity contribution in [3.63, 3.8) is 0 Å². The van der Waals surface area contributed by atoms with E-state index in [2.05, 4.69) is 13.0 Å². The number of ketones is 1. The quantitative estimate of drug-likeness (QED) is 0.566. The van der Waals surface area contributed by atoms with E-state index in [0.717, 1.165) is 38.5 Å². The molecule has 0 aromatic heterocycles. The smallest absolute Gasteiger partial charge is 0.171 e. The molecular formula is C21H30O4. The molecule has 5 unspecified atom stereocenters. The van der Waals surface area contributed by atoms with Crippen molar-refractivity contribution in [3.8, 4) is 0 Å². The van der Waals surface area contributed by atoms with Crippen LogP contribution in [0.1, 0.15) is 59.3 Å². The van der Waals surface area contributed by atoms with Crippen LogP contribution >= 0.6 is 0 Å². The summed E-state index contributed by atoms with van der Waals surface area (Å²) in [6.45, 7) is 7.78. The summed E-state index contributed by atoms with van der Waals surface area (Å²) in [7, 11) is 0. The molecule has 0 aromatic carbocycles. The fourth-order valence-corrected chi connectivity index (χ4v) is 6.47. The van der Waals surface area contributed by atoms with Crippen LogP contribution in [-0.4, -0.2) is 36.0 Å². The van der Waals surface area contributed by atoms with E-state index < -0.39 is 0 Å². The van der Waals surface area contributed by atoms with Gasteiger partial charge in [-0.3, -0.25) is 4.79 Å². The Labute approximate surface area is 150 Å². The summed E-state index contributed by atoms with van der Waals surface area (Å²) in [4.78, 5) is 12.6. The van der Waals surface area contributed by atoms with Crippen molar-refractivity contribution in [3.05, 3.63) is 11.6 Å². The van der Waals surface area contributed by atoms with Gasteiger partial charge in [-0.15, -0.1) is 0 Å². The van der Waals surface area contributed by atoms with Crippen LogP contribution in [0.15, 0.2) is 11.6 Å². The fourth-order valence-electron chi connectivity index (χ4n) is 6.47. The van der Waals surface area contributed by atoms with Crippen LogP contribution in [-0.2, 0) is 19.0 Å². The van der Waals surface area contributed by atoms with E-state index in [1.165, 1.54) is 5.57 Å². The molecule has 4 nitrogen and oxygen atoms in total. The number of epoxide rings is 1. The minimum Gasteiger partial charge on any atom is -0.358 e. The van der Waals surface area contributed by atoms with Crippen molar-refractivity contribution in [1.29, 1.82) is 0 Å². The number of ether oxygens (including phenoxy) is 3. The lowest BCUT2D eigenvalue weighted by Crippen LogP contribution is -2.51. The molecule has 2 saturated heterocycles. The molecule has 5 atom stereocenters. The lowest BCUT2D eigenvalue weighted by molar-refractivity contribution is -0.184. The zero-order valence-corrected chi connectivity index (χ0v) is 15.7. The third-order valence-electron chi connectivity index (χ3n) is 7.81. The van der Waals surface area contributed by atoms with Gasteiger partial charge in [0.05, 0.1) is 13.2 Å². The van der Waals surface area contributed by atoms with Gasteiger partial charge < -0.3 is 14.2 Å². The van der Waals surface area contributed by atoms with Gasteiger partial charge in [0.1, 0.15) is 17.0 Å². The largest absolute Gasteiger partial charge is 0.358 e. The Bertz CT molecular complexity index is 632. The number of rotatable bonds is 2. The highest BCUT2D eigenvalue weighted by atomic mass is 16.7. The van der Waals surface area contributed by atoms with Crippen molar-refractivity contribution in [1.82, 2.24) is 0 Å². The molecule has 0 bridgehead atoms. The Hall–Kier alpha value is -0.710. The zero-order chi connectivity index (χ0) is 17.4. The maximum absolute atomic E-state index is 12.6. The fraction of sp³-hybridized carbons (Fsp3) is 0.857. The minimum atomic E-state index is -0.385. The van der Waals surface area contributed by atoms with E-state index >= 15 is 0 Å². The van der Waals surface area contributed by atoms with E-state index in [1.54, 1.807) is 0 Å². The predicted molar refractivity (Wildman–Crippen MR) is 93.0 cm³/mol.